The van der Waals surface area contributed by atoms with E-state index in [1.54, 1.807) is 6.20 Å². The largest absolute Gasteiger partial charge is 0.376 e. The molecular weight excluding hydrogens is 284 g/mol. The van der Waals surface area contributed by atoms with E-state index in [0.717, 1.165) is 11.0 Å². The van der Waals surface area contributed by atoms with Crippen LogP contribution >= 0.6 is 15.9 Å². The Hall–Kier alpha value is -0.880. The second kappa shape index (κ2) is 6.16. The summed E-state index contributed by atoms with van der Waals surface area (Å²) >= 11 is 3.36. The number of hydrogen-bond donors (Lipinski definition) is 2. The van der Waals surface area contributed by atoms with Crippen LogP contribution in [0, 0.1) is 0 Å². The summed E-state index contributed by atoms with van der Waals surface area (Å²) in [5.41, 5.74) is 5.52. The SMILES string of the molecule is Nc1ncc(Br)c(NCCOC2CCCC2)n1. The first-order valence-corrected chi connectivity index (χ1v) is 6.68. The van der Waals surface area contributed by atoms with Gasteiger partial charge in [-0.05, 0) is 28.8 Å². The number of anilines is 2. The van der Waals surface area contributed by atoms with Crippen molar-refractivity contribution < 1.29 is 4.74 Å². The summed E-state index contributed by atoms with van der Waals surface area (Å²) in [6.45, 7) is 1.42. The molecule has 1 aliphatic carbocycles. The van der Waals surface area contributed by atoms with E-state index in [0.29, 0.717) is 18.5 Å². The summed E-state index contributed by atoms with van der Waals surface area (Å²) in [4.78, 5) is 7.97. The van der Waals surface area contributed by atoms with Gasteiger partial charge in [0.05, 0.1) is 17.2 Å². The van der Waals surface area contributed by atoms with E-state index < -0.39 is 0 Å². The highest BCUT2D eigenvalue weighted by molar-refractivity contribution is 9.10. The minimum atomic E-state index is 0.271. The molecule has 6 heteroatoms. The first kappa shape index (κ1) is 12.6. The molecule has 1 saturated carbocycles. The Morgan fingerprint density at radius 3 is 3.00 bits per heavy atom. The first-order chi connectivity index (χ1) is 8.25. The van der Waals surface area contributed by atoms with Crippen LogP contribution in [-0.4, -0.2) is 29.2 Å². The molecule has 0 aliphatic heterocycles. The molecule has 94 valence electrons. The summed E-state index contributed by atoms with van der Waals surface area (Å²) in [6, 6.07) is 0. The zero-order valence-corrected chi connectivity index (χ0v) is 11.2. The van der Waals surface area contributed by atoms with Crippen LogP contribution in [0.15, 0.2) is 10.7 Å². The van der Waals surface area contributed by atoms with E-state index in [1.165, 1.54) is 25.7 Å². The molecule has 1 fully saturated rings. The Morgan fingerprint density at radius 1 is 1.47 bits per heavy atom. The van der Waals surface area contributed by atoms with Gasteiger partial charge in [-0.2, -0.15) is 4.98 Å². The Kier molecular flexibility index (Phi) is 4.56. The predicted molar refractivity (Wildman–Crippen MR) is 70.8 cm³/mol. The summed E-state index contributed by atoms with van der Waals surface area (Å²) in [7, 11) is 0. The molecular formula is C11H17BrN4O. The summed E-state index contributed by atoms with van der Waals surface area (Å²) in [5, 5.41) is 3.17. The number of nitrogens with two attached hydrogens (primary N) is 1. The van der Waals surface area contributed by atoms with Gasteiger partial charge in [0, 0.05) is 12.7 Å². The molecule has 0 amide bonds. The predicted octanol–water partition coefficient (Wildman–Crippen LogP) is 2.19. The molecule has 0 atom stereocenters. The number of nitrogen functional groups attached to an aromatic ring is 1. The highest BCUT2D eigenvalue weighted by Crippen LogP contribution is 2.21. The van der Waals surface area contributed by atoms with Crippen LogP contribution < -0.4 is 11.1 Å². The molecule has 0 saturated heterocycles. The smallest absolute Gasteiger partial charge is 0.221 e. The highest BCUT2D eigenvalue weighted by Gasteiger charge is 2.14. The van der Waals surface area contributed by atoms with E-state index in [1.807, 2.05) is 0 Å². The van der Waals surface area contributed by atoms with Crippen LogP contribution in [0.1, 0.15) is 25.7 Å². The van der Waals surface area contributed by atoms with Crippen LogP contribution in [0.5, 0.6) is 0 Å². The van der Waals surface area contributed by atoms with E-state index in [4.69, 9.17) is 10.5 Å². The van der Waals surface area contributed by atoms with Crippen LogP contribution in [0.2, 0.25) is 0 Å². The monoisotopic (exact) mass is 300 g/mol. The minimum Gasteiger partial charge on any atom is -0.376 e. The molecule has 0 bridgehead atoms. The fourth-order valence-electron chi connectivity index (χ4n) is 1.95. The molecule has 0 spiro atoms. The standard InChI is InChI=1S/C11H17BrN4O/c12-9-7-15-11(13)16-10(9)14-5-6-17-8-3-1-2-4-8/h7-8H,1-6H2,(H3,13,14,15,16). The minimum absolute atomic E-state index is 0.271. The molecule has 2 rings (SSSR count). The summed E-state index contributed by atoms with van der Waals surface area (Å²) in [6.07, 6.45) is 7.09. The van der Waals surface area contributed by atoms with Crippen molar-refractivity contribution in [2.45, 2.75) is 31.8 Å². The number of ether oxygens (including phenoxy) is 1. The lowest BCUT2D eigenvalue weighted by atomic mass is 10.3. The maximum absolute atomic E-state index is 5.74. The quantitative estimate of drug-likeness (QED) is 0.816. The van der Waals surface area contributed by atoms with Gasteiger partial charge in [0.25, 0.3) is 0 Å². The van der Waals surface area contributed by atoms with E-state index in [9.17, 15) is 0 Å². The van der Waals surface area contributed by atoms with Gasteiger partial charge < -0.3 is 15.8 Å². The molecule has 5 nitrogen and oxygen atoms in total. The lowest BCUT2D eigenvalue weighted by Gasteiger charge is -2.12. The van der Waals surface area contributed by atoms with Gasteiger partial charge in [-0.15, -0.1) is 0 Å². The third kappa shape index (κ3) is 3.81. The molecule has 3 N–H and O–H groups in total. The van der Waals surface area contributed by atoms with Gasteiger partial charge >= 0.3 is 0 Å². The lowest BCUT2D eigenvalue weighted by Crippen LogP contribution is -2.16. The number of nitrogens with one attached hydrogen (secondary N) is 1. The van der Waals surface area contributed by atoms with Crippen molar-refractivity contribution in [2.75, 3.05) is 24.2 Å². The maximum atomic E-state index is 5.74. The molecule has 1 heterocycles. The van der Waals surface area contributed by atoms with Gasteiger partial charge in [0.15, 0.2) is 0 Å². The van der Waals surface area contributed by atoms with Gasteiger partial charge in [0.1, 0.15) is 5.82 Å². The number of hydrogen-bond acceptors (Lipinski definition) is 5. The Morgan fingerprint density at radius 2 is 2.24 bits per heavy atom. The number of nitrogens with zero attached hydrogens (tertiary/aromatic N) is 2. The molecule has 0 radical (unpaired) electrons. The Bertz CT molecular complexity index is 368. The highest BCUT2D eigenvalue weighted by atomic mass is 79.9. The molecule has 1 aliphatic rings. The van der Waals surface area contributed by atoms with E-state index >= 15 is 0 Å². The first-order valence-electron chi connectivity index (χ1n) is 5.89. The van der Waals surface area contributed by atoms with Crippen molar-refractivity contribution >= 4 is 27.7 Å². The fraction of sp³-hybridized carbons (Fsp3) is 0.636. The molecule has 1 aromatic heterocycles. The van der Waals surface area contributed by atoms with Gasteiger partial charge in [-0.3, -0.25) is 0 Å². The number of aromatic nitrogens is 2. The van der Waals surface area contributed by atoms with Crippen LogP contribution in [0.3, 0.4) is 0 Å². The second-order valence-electron chi connectivity index (χ2n) is 4.13. The maximum Gasteiger partial charge on any atom is 0.221 e. The molecule has 17 heavy (non-hydrogen) atoms. The van der Waals surface area contributed by atoms with E-state index in [-0.39, 0.29) is 5.95 Å². The zero-order chi connectivity index (χ0) is 12.1. The average Bonchev–Trinajstić information content (AvgIpc) is 2.82. The van der Waals surface area contributed by atoms with Crippen LogP contribution in [-0.2, 0) is 4.74 Å². The molecule has 1 aromatic rings. The van der Waals surface area contributed by atoms with Gasteiger partial charge in [-0.25, -0.2) is 4.98 Å². The second-order valence-corrected chi connectivity index (χ2v) is 4.98. The Balaban J connectivity index is 1.72. The topological polar surface area (TPSA) is 73.1 Å². The third-order valence-corrected chi connectivity index (χ3v) is 3.39. The van der Waals surface area contributed by atoms with Gasteiger partial charge in [0.2, 0.25) is 5.95 Å². The van der Waals surface area contributed by atoms with Crippen molar-refractivity contribution in [2.24, 2.45) is 0 Å². The summed E-state index contributed by atoms with van der Waals surface area (Å²) in [5.74, 6) is 0.986. The molecule has 0 unspecified atom stereocenters. The van der Waals surface area contributed by atoms with Crippen molar-refractivity contribution in [1.29, 1.82) is 0 Å². The number of rotatable bonds is 5. The van der Waals surface area contributed by atoms with Gasteiger partial charge in [-0.1, -0.05) is 12.8 Å². The zero-order valence-electron chi connectivity index (χ0n) is 9.66. The Labute approximate surface area is 109 Å². The molecule has 0 aromatic carbocycles. The van der Waals surface area contributed by atoms with Crippen molar-refractivity contribution in [3.63, 3.8) is 0 Å². The number of halogens is 1. The third-order valence-electron chi connectivity index (χ3n) is 2.81. The fourth-order valence-corrected chi connectivity index (χ4v) is 2.29. The van der Waals surface area contributed by atoms with Crippen molar-refractivity contribution in [1.82, 2.24) is 9.97 Å². The van der Waals surface area contributed by atoms with E-state index in [2.05, 4.69) is 31.2 Å². The van der Waals surface area contributed by atoms with Crippen molar-refractivity contribution in [3.05, 3.63) is 10.7 Å². The van der Waals surface area contributed by atoms with Crippen LogP contribution in [0.4, 0.5) is 11.8 Å². The summed E-state index contributed by atoms with van der Waals surface area (Å²) < 4.78 is 6.55. The van der Waals surface area contributed by atoms with Crippen molar-refractivity contribution in [3.8, 4) is 0 Å². The normalized spacial score (nSPS) is 16.3. The lowest BCUT2D eigenvalue weighted by molar-refractivity contribution is 0.0658. The average molecular weight is 301 g/mol. The van der Waals surface area contributed by atoms with Crippen LogP contribution in [0.25, 0.3) is 0 Å².